The van der Waals surface area contributed by atoms with Crippen LogP contribution in [0.5, 0.6) is 11.5 Å². The third kappa shape index (κ3) is 3.78. The van der Waals surface area contributed by atoms with Crippen LogP contribution in [0, 0.1) is 0 Å². The van der Waals surface area contributed by atoms with Crippen LogP contribution < -0.4 is 14.4 Å². The summed E-state index contributed by atoms with van der Waals surface area (Å²) in [6.07, 6.45) is 3.06. The van der Waals surface area contributed by atoms with Crippen LogP contribution in [-0.4, -0.2) is 38.0 Å². The summed E-state index contributed by atoms with van der Waals surface area (Å²) in [5.41, 5.74) is 2.34. The summed E-state index contributed by atoms with van der Waals surface area (Å²) < 4.78 is 16.4. The average molecular weight is 406 g/mol. The normalized spacial score (nSPS) is 17.3. The number of cyclic esters (lactones) is 1. The number of esters is 1. The lowest BCUT2D eigenvalue weighted by Crippen LogP contribution is -2.23. The molecule has 0 aliphatic carbocycles. The second kappa shape index (κ2) is 8.41. The lowest BCUT2D eigenvalue weighted by molar-refractivity contribution is -0.130. The van der Waals surface area contributed by atoms with Gasteiger partial charge in [-0.2, -0.15) is 0 Å². The topological polar surface area (TPSA) is 77.4 Å². The Balaban J connectivity index is 1.60. The van der Waals surface area contributed by atoms with Crippen LogP contribution >= 0.6 is 0 Å². The summed E-state index contributed by atoms with van der Waals surface area (Å²) >= 11 is 0. The van der Waals surface area contributed by atoms with E-state index in [4.69, 9.17) is 14.2 Å². The molecule has 2 aromatic carbocycles. The van der Waals surface area contributed by atoms with Gasteiger partial charge in [-0.25, -0.2) is 9.79 Å². The molecule has 0 radical (unpaired) electrons. The lowest BCUT2D eigenvalue weighted by Gasteiger charge is -2.15. The van der Waals surface area contributed by atoms with E-state index in [9.17, 15) is 9.59 Å². The van der Waals surface area contributed by atoms with Crippen LogP contribution in [0.25, 0.3) is 6.08 Å². The molecule has 7 nitrogen and oxygen atoms in total. The van der Waals surface area contributed by atoms with Gasteiger partial charge in [0.15, 0.2) is 17.2 Å². The fourth-order valence-electron chi connectivity index (χ4n) is 3.52. The van der Waals surface area contributed by atoms with E-state index in [-0.39, 0.29) is 17.5 Å². The van der Waals surface area contributed by atoms with Crippen LogP contribution in [0.15, 0.2) is 53.2 Å². The van der Waals surface area contributed by atoms with Gasteiger partial charge in [0.1, 0.15) is 0 Å². The maximum atomic E-state index is 12.4. The van der Waals surface area contributed by atoms with Crippen LogP contribution in [0.3, 0.4) is 0 Å². The molecule has 0 N–H and O–H groups in total. The number of ether oxygens (including phenoxy) is 3. The Morgan fingerprint density at radius 1 is 1.17 bits per heavy atom. The van der Waals surface area contributed by atoms with Gasteiger partial charge in [-0.05, 0) is 49.8 Å². The van der Waals surface area contributed by atoms with Gasteiger partial charge < -0.3 is 19.1 Å². The van der Waals surface area contributed by atoms with Crippen molar-refractivity contribution in [3.05, 3.63) is 59.3 Å². The van der Waals surface area contributed by atoms with Crippen molar-refractivity contribution in [2.75, 3.05) is 25.2 Å². The highest BCUT2D eigenvalue weighted by atomic mass is 16.6. The van der Waals surface area contributed by atoms with Crippen molar-refractivity contribution in [1.29, 1.82) is 0 Å². The monoisotopic (exact) mass is 406 g/mol. The molecule has 0 aromatic heterocycles. The van der Waals surface area contributed by atoms with Gasteiger partial charge in [-0.3, -0.25) is 4.79 Å². The number of aliphatic imine (C=N–C) groups is 1. The minimum Gasteiger partial charge on any atom is -0.492 e. The first-order valence-corrected chi connectivity index (χ1v) is 9.84. The molecular weight excluding hydrogens is 384 g/mol. The summed E-state index contributed by atoms with van der Waals surface area (Å²) in [4.78, 5) is 30.4. The summed E-state index contributed by atoms with van der Waals surface area (Å²) in [5.74, 6) is 0.943. The summed E-state index contributed by atoms with van der Waals surface area (Å²) in [5, 5.41) is 0. The molecule has 1 saturated heterocycles. The molecule has 0 bridgehead atoms. The minimum atomic E-state index is -0.535. The molecule has 7 heteroatoms. The van der Waals surface area contributed by atoms with Crippen molar-refractivity contribution < 1.29 is 23.8 Å². The number of para-hydroxylation sites is 1. The van der Waals surface area contributed by atoms with Gasteiger partial charge in [0.05, 0.1) is 13.7 Å². The summed E-state index contributed by atoms with van der Waals surface area (Å²) in [6.45, 7) is 3.11. The van der Waals surface area contributed by atoms with E-state index < -0.39 is 5.97 Å². The number of anilines is 1. The van der Waals surface area contributed by atoms with Crippen molar-refractivity contribution in [1.82, 2.24) is 0 Å². The first kappa shape index (κ1) is 19.7. The van der Waals surface area contributed by atoms with Crippen molar-refractivity contribution in [3.63, 3.8) is 0 Å². The number of amides is 1. The predicted molar refractivity (Wildman–Crippen MR) is 113 cm³/mol. The Morgan fingerprint density at radius 3 is 2.63 bits per heavy atom. The molecule has 2 aliphatic rings. The number of carbonyl (C=O) groups is 2. The van der Waals surface area contributed by atoms with E-state index >= 15 is 0 Å². The van der Waals surface area contributed by atoms with Crippen molar-refractivity contribution in [3.8, 4) is 11.5 Å². The lowest BCUT2D eigenvalue weighted by atomic mass is 10.1. The van der Waals surface area contributed by atoms with E-state index in [0.29, 0.717) is 35.7 Å². The summed E-state index contributed by atoms with van der Waals surface area (Å²) in [6, 6.07) is 12.7. The Kier molecular flexibility index (Phi) is 5.52. The Morgan fingerprint density at radius 2 is 1.97 bits per heavy atom. The Hall–Kier alpha value is -3.61. The van der Waals surface area contributed by atoms with E-state index in [1.807, 2.05) is 31.2 Å². The zero-order valence-corrected chi connectivity index (χ0v) is 16.9. The smallest absolute Gasteiger partial charge is 0.363 e. The highest BCUT2D eigenvalue weighted by Crippen LogP contribution is 2.33. The molecule has 2 aromatic rings. The van der Waals surface area contributed by atoms with Gasteiger partial charge in [-0.15, -0.1) is 0 Å². The number of hydrogen-bond acceptors (Lipinski definition) is 6. The van der Waals surface area contributed by atoms with Crippen LogP contribution in [0.4, 0.5) is 5.69 Å². The molecule has 0 saturated carbocycles. The quantitative estimate of drug-likeness (QED) is 0.541. The molecule has 2 aliphatic heterocycles. The maximum absolute atomic E-state index is 12.4. The molecule has 30 heavy (non-hydrogen) atoms. The molecule has 0 unspecified atom stereocenters. The fraction of sp³-hybridized carbons (Fsp3) is 0.261. The van der Waals surface area contributed by atoms with E-state index in [1.54, 1.807) is 36.3 Å². The number of benzene rings is 2. The van der Waals surface area contributed by atoms with E-state index in [1.165, 1.54) is 0 Å². The highest BCUT2D eigenvalue weighted by Gasteiger charge is 2.26. The average Bonchev–Trinajstić information content (AvgIpc) is 3.34. The number of hydrogen-bond donors (Lipinski definition) is 0. The van der Waals surface area contributed by atoms with Crippen molar-refractivity contribution >= 4 is 29.5 Å². The SMILES string of the molecule is CCOc1cccc(/C=C2/N=C(c3ccc(N4CCCC4=O)cc3)OC2=O)c1OC. The number of nitrogens with zero attached hydrogens (tertiary/aromatic N) is 2. The third-order valence-corrected chi connectivity index (χ3v) is 4.93. The molecule has 1 fully saturated rings. The van der Waals surface area contributed by atoms with Gasteiger partial charge in [0.25, 0.3) is 0 Å². The first-order valence-electron chi connectivity index (χ1n) is 9.84. The van der Waals surface area contributed by atoms with Crippen molar-refractivity contribution in [2.45, 2.75) is 19.8 Å². The zero-order valence-electron chi connectivity index (χ0n) is 16.9. The molecule has 4 rings (SSSR count). The van der Waals surface area contributed by atoms with Gasteiger partial charge in [-0.1, -0.05) is 12.1 Å². The molecule has 0 spiro atoms. The van der Waals surface area contributed by atoms with Gasteiger partial charge >= 0.3 is 5.97 Å². The summed E-state index contributed by atoms with van der Waals surface area (Å²) in [7, 11) is 1.55. The number of methoxy groups -OCH3 is 1. The number of rotatable bonds is 6. The molecule has 2 heterocycles. The largest absolute Gasteiger partial charge is 0.492 e. The van der Waals surface area contributed by atoms with Crippen LogP contribution in [0.1, 0.15) is 30.9 Å². The van der Waals surface area contributed by atoms with Gasteiger partial charge in [0.2, 0.25) is 11.8 Å². The predicted octanol–water partition coefficient (Wildman–Crippen LogP) is 3.57. The Bertz CT molecular complexity index is 1040. The molecule has 1 amide bonds. The van der Waals surface area contributed by atoms with E-state index in [2.05, 4.69) is 4.99 Å². The molecular formula is C23H22N2O5. The first-order chi connectivity index (χ1) is 14.6. The van der Waals surface area contributed by atoms with E-state index in [0.717, 1.165) is 18.7 Å². The second-order valence-corrected chi connectivity index (χ2v) is 6.84. The maximum Gasteiger partial charge on any atom is 0.363 e. The third-order valence-electron chi connectivity index (χ3n) is 4.93. The van der Waals surface area contributed by atoms with Crippen LogP contribution in [-0.2, 0) is 14.3 Å². The Labute approximate surface area is 174 Å². The number of carbonyl (C=O) groups excluding carboxylic acids is 2. The zero-order chi connectivity index (χ0) is 21.1. The fourth-order valence-corrected chi connectivity index (χ4v) is 3.52. The standard InChI is InChI=1S/C23H22N2O5/c1-3-29-19-7-4-6-16(21(19)28-2)14-18-23(27)30-22(24-18)15-9-11-17(12-10-15)25-13-5-8-20(25)26/h4,6-7,9-12,14H,3,5,8,13H2,1-2H3/b18-14+. The molecule has 0 atom stereocenters. The molecule has 154 valence electrons. The minimum absolute atomic E-state index is 0.126. The van der Waals surface area contributed by atoms with Crippen molar-refractivity contribution in [2.24, 2.45) is 4.99 Å². The van der Waals surface area contributed by atoms with Gasteiger partial charge in [0, 0.05) is 29.8 Å². The highest BCUT2D eigenvalue weighted by molar-refractivity contribution is 6.13. The van der Waals surface area contributed by atoms with Crippen LogP contribution in [0.2, 0.25) is 0 Å². The second-order valence-electron chi connectivity index (χ2n) is 6.84.